The normalized spacial score (nSPS) is 11.3. The van der Waals surface area contributed by atoms with Gasteiger partial charge in [-0.3, -0.25) is 5.43 Å². The standard InChI is InChI=1S/C15H14F2N2O/c1-10(11-3-6-13(20-2)7-4-11)18-19-15-8-5-12(16)9-14(15)17/h3-9,19H,1-2H3/b18-10-. The van der Waals surface area contributed by atoms with E-state index in [1.165, 1.54) is 12.1 Å². The van der Waals surface area contributed by atoms with E-state index in [-0.39, 0.29) is 5.69 Å². The van der Waals surface area contributed by atoms with Crippen molar-refractivity contribution in [2.75, 3.05) is 12.5 Å². The number of halogens is 2. The smallest absolute Gasteiger partial charge is 0.151 e. The van der Waals surface area contributed by atoms with E-state index < -0.39 is 11.6 Å². The Labute approximate surface area is 115 Å². The van der Waals surface area contributed by atoms with Crippen molar-refractivity contribution in [3.05, 3.63) is 59.7 Å². The second-order valence-electron chi connectivity index (χ2n) is 4.16. The van der Waals surface area contributed by atoms with Crippen LogP contribution in [0.15, 0.2) is 47.6 Å². The van der Waals surface area contributed by atoms with E-state index in [0.717, 1.165) is 17.4 Å². The molecule has 20 heavy (non-hydrogen) atoms. The number of hydrogen-bond donors (Lipinski definition) is 1. The van der Waals surface area contributed by atoms with E-state index in [1.807, 2.05) is 24.3 Å². The van der Waals surface area contributed by atoms with Crippen LogP contribution in [0.3, 0.4) is 0 Å². The Hall–Kier alpha value is -2.43. The maximum atomic E-state index is 13.4. The Morgan fingerprint density at radius 1 is 1.10 bits per heavy atom. The van der Waals surface area contributed by atoms with E-state index in [4.69, 9.17) is 4.74 Å². The van der Waals surface area contributed by atoms with E-state index in [1.54, 1.807) is 14.0 Å². The molecule has 104 valence electrons. The summed E-state index contributed by atoms with van der Waals surface area (Å²) in [4.78, 5) is 0. The third kappa shape index (κ3) is 3.32. The molecule has 0 fully saturated rings. The van der Waals surface area contributed by atoms with Gasteiger partial charge in [0, 0.05) is 6.07 Å². The molecule has 2 aromatic rings. The summed E-state index contributed by atoms with van der Waals surface area (Å²) < 4.78 is 31.2. The van der Waals surface area contributed by atoms with Crippen LogP contribution in [-0.4, -0.2) is 12.8 Å². The first-order valence-corrected chi connectivity index (χ1v) is 6.00. The number of rotatable bonds is 4. The predicted octanol–water partition coefficient (Wildman–Crippen LogP) is 3.81. The van der Waals surface area contributed by atoms with Gasteiger partial charge in [0.15, 0.2) is 5.82 Å². The highest BCUT2D eigenvalue weighted by molar-refractivity contribution is 5.99. The van der Waals surface area contributed by atoms with E-state index in [0.29, 0.717) is 5.71 Å². The highest BCUT2D eigenvalue weighted by atomic mass is 19.1. The Kier molecular flexibility index (Phi) is 4.30. The number of nitrogens with one attached hydrogen (secondary N) is 1. The van der Waals surface area contributed by atoms with Gasteiger partial charge in [-0.05, 0) is 48.9 Å². The van der Waals surface area contributed by atoms with Gasteiger partial charge < -0.3 is 4.74 Å². The van der Waals surface area contributed by atoms with Crippen molar-refractivity contribution < 1.29 is 13.5 Å². The van der Waals surface area contributed by atoms with Crippen LogP contribution in [0.25, 0.3) is 0 Å². The molecular weight excluding hydrogens is 262 g/mol. The molecule has 5 heteroatoms. The summed E-state index contributed by atoms with van der Waals surface area (Å²) in [5, 5.41) is 4.07. The van der Waals surface area contributed by atoms with Crippen LogP contribution in [0, 0.1) is 11.6 Å². The average Bonchev–Trinajstić information content (AvgIpc) is 2.46. The summed E-state index contributed by atoms with van der Waals surface area (Å²) in [6.45, 7) is 1.79. The van der Waals surface area contributed by atoms with Gasteiger partial charge in [0.2, 0.25) is 0 Å². The maximum Gasteiger partial charge on any atom is 0.151 e. The molecule has 1 N–H and O–H groups in total. The summed E-state index contributed by atoms with van der Waals surface area (Å²) >= 11 is 0. The van der Waals surface area contributed by atoms with Gasteiger partial charge in [-0.25, -0.2) is 8.78 Å². The molecule has 0 atom stereocenters. The lowest BCUT2D eigenvalue weighted by Crippen LogP contribution is -2.01. The van der Waals surface area contributed by atoms with Crippen molar-refractivity contribution in [1.82, 2.24) is 0 Å². The number of benzene rings is 2. The van der Waals surface area contributed by atoms with Crippen LogP contribution in [0.5, 0.6) is 5.75 Å². The maximum absolute atomic E-state index is 13.4. The lowest BCUT2D eigenvalue weighted by molar-refractivity contribution is 0.415. The molecule has 0 saturated carbocycles. The quantitative estimate of drug-likeness (QED) is 0.680. The van der Waals surface area contributed by atoms with E-state index in [2.05, 4.69) is 10.5 Å². The molecule has 2 aromatic carbocycles. The number of ether oxygens (including phenoxy) is 1. The first-order chi connectivity index (χ1) is 9.60. The second kappa shape index (κ2) is 6.14. The minimum atomic E-state index is -0.684. The Balaban J connectivity index is 2.13. The molecule has 0 aliphatic rings. The molecule has 0 unspecified atom stereocenters. The van der Waals surface area contributed by atoms with Crippen LogP contribution in [0.2, 0.25) is 0 Å². The minimum absolute atomic E-state index is 0.124. The van der Waals surface area contributed by atoms with Gasteiger partial charge in [-0.1, -0.05) is 0 Å². The fourth-order valence-corrected chi connectivity index (χ4v) is 1.62. The van der Waals surface area contributed by atoms with Gasteiger partial charge in [0.1, 0.15) is 11.6 Å². The summed E-state index contributed by atoms with van der Waals surface area (Å²) in [7, 11) is 1.59. The second-order valence-corrected chi connectivity index (χ2v) is 4.16. The molecule has 0 spiro atoms. The Morgan fingerprint density at radius 2 is 1.80 bits per heavy atom. The van der Waals surface area contributed by atoms with Crippen molar-refractivity contribution >= 4 is 11.4 Å². The van der Waals surface area contributed by atoms with Crippen molar-refractivity contribution in [3.8, 4) is 5.75 Å². The van der Waals surface area contributed by atoms with Gasteiger partial charge in [-0.2, -0.15) is 5.10 Å². The Morgan fingerprint density at radius 3 is 2.40 bits per heavy atom. The highest BCUT2D eigenvalue weighted by Crippen LogP contribution is 2.16. The molecule has 0 aliphatic heterocycles. The summed E-state index contributed by atoms with van der Waals surface area (Å²) in [5.41, 5.74) is 4.26. The van der Waals surface area contributed by atoms with Crippen molar-refractivity contribution in [1.29, 1.82) is 0 Å². The largest absolute Gasteiger partial charge is 0.497 e. The molecule has 0 saturated heterocycles. The highest BCUT2D eigenvalue weighted by Gasteiger charge is 2.03. The molecule has 0 amide bonds. The molecule has 0 bridgehead atoms. The monoisotopic (exact) mass is 276 g/mol. The minimum Gasteiger partial charge on any atom is -0.497 e. The molecule has 0 radical (unpaired) electrons. The molecule has 0 heterocycles. The molecular formula is C15H14F2N2O. The zero-order valence-electron chi connectivity index (χ0n) is 11.2. The third-order valence-electron chi connectivity index (χ3n) is 2.78. The molecule has 2 rings (SSSR count). The third-order valence-corrected chi connectivity index (χ3v) is 2.78. The first kappa shape index (κ1) is 14.0. The van der Waals surface area contributed by atoms with Crippen molar-refractivity contribution in [2.45, 2.75) is 6.92 Å². The molecule has 0 aromatic heterocycles. The topological polar surface area (TPSA) is 33.6 Å². The summed E-state index contributed by atoms with van der Waals surface area (Å²) in [6, 6.07) is 10.6. The van der Waals surface area contributed by atoms with Crippen LogP contribution < -0.4 is 10.2 Å². The van der Waals surface area contributed by atoms with Crippen molar-refractivity contribution in [3.63, 3.8) is 0 Å². The number of nitrogens with zero attached hydrogens (tertiary/aromatic N) is 1. The summed E-state index contributed by atoms with van der Waals surface area (Å²) in [6.07, 6.45) is 0. The molecule has 0 aliphatic carbocycles. The van der Waals surface area contributed by atoms with Gasteiger partial charge in [0.25, 0.3) is 0 Å². The van der Waals surface area contributed by atoms with Crippen LogP contribution in [0.1, 0.15) is 12.5 Å². The van der Waals surface area contributed by atoms with Crippen LogP contribution in [-0.2, 0) is 0 Å². The van der Waals surface area contributed by atoms with Gasteiger partial charge in [0.05, 0.1) is 18.5 Å². The zero-order valence-corrected chi connectivity index (χ0v) is 11.2. The Bertz CT molecular complexity index is 624. The lowest BCUT2D eigenvalue weighted by atomic mass is 10.1. The van der Waals surface area contributed by atoms with Crippen LogP contribution >= 0.6 is 0 Å². The van der Waals surface area contributed by atoms with E-state index in [9.17, 15) is 8.78 Å². The van der Waals surface area contributed by atoms with Gasteiger partial charge >= 0.3 is 0 Å². The number of hydrogen-bond acceptors (Lipinski definition) is 3. The lowest BCUT2D eigenvalue weighted by Gasteiger charge is -2.05. The zero-order chi connectivity index (χ0) is 14.5. The first-order valence-electron chi connectivity index (χ1n) is 6.00. The average molecular weight is 276 g/mol. The van der Waals surface area contributed by atoms with E-state index >= 15 is 0 Å². The SMILES string of the molecule is COc1ccc(/C(C)=N\Nc2ccc(F)cc2F)cc1. The van der Waals surface area contributed by atoms with Gasteiger partial charge in [-0.15, -0.1) is 0 Å². The number of hydrazone groups is 1. The predicted molar refractivity (Wildman–Crippen MR) is 75.2 cm³/mol. The van der Waals surface area contributed by atoms with Crippen LogP contribution in [0.4, 0.5) is 14.5 Å². The number of methoxy groups -OCH3 is 1. The fraction of sp³-hybridized carbons (Fsp3) is 0.133. The molecule has 3 nitrogen and oxygen atoms in total. The fourth-order valence-electron chi connectivity index (χ4n) is 1.62. The summed E-state index contributed by atoms with van der Waals surface area (Å²) in [5.74, 6) is -0.556. The van der Waals surface area contributed by atoms with Crippen molar-refractivity contribution in [2.24, 2.45) is 5.10 Å². The number of anilines is 1.